The lowest BCUT2D eigenvalue weighted by Gasteiger charge is -2.17. The summed E-state index contributed by atoms with van der Waals surface area (Å²) in [7, 11) is 0. The van der Waals surface area contributed by atoms with Crippen LogP contribution in [0.15, 0.2) is 24.3 Å². The highest BCUT2D eigenvalue weighted by atomic mass is 16.5. The molecule has 104 valence electrons. The summed E-state index contributed by atoms with van der Waals surface area (Å²) >= 11 is 0. The van der Waals surface area contributed by atoms with Crippen molar-refractivity contribution in [1.82, 2.24) is 10.6 Å². The molecule has 1 fully saturated rings. The molecule has 1 aliphatic rings. The standard InChI is InChI=1S/C15H22N2O2/c1-3-16-10-12-6-4-5-7-14(12)19-11(2)15(18)17-13-8-9-13/h4-7,11,13,16H,3,8-10H2,1-2H3,(H,17,18). The summed E-state index contributed by atoms with van der Waals surface area (Å²) in [5, 5.41) is 6.23. The minimum atomic E-state index is -0.455. The maximum absolute atomic E-state index is 11.9. The Bertz CT molecular complexity index is 430. The molecule has 4 nitrogen and oxygen atoms in total. The van der Waals surface area contributed by atoms with E-state index in [0.717, 1.165) is 37.2 Å². The van der Waals surface area contributed by atoms with E-state index in [0.29, 0.717) is 6.04 Å². The number of para-hydroxylation sites is 1. The van der Waals surface area contributed by atoms with Crippen molar-refractivity contribution in [2.75, 3.05) is 6.54 Å². The van der Waals surface area contributed by atoms with E-state index in [-0.39, 0.29) is 5.91 Å². The molecule has 0 saturated heterocycles. The largest absolute Gasteiger partial charge is 0.481 e. The maximum Gasteiger partial charge on any atom is 0.260 e. The van der Waals surface area contributed by atoms with Gasteiger partial charge in [-0.3, -0.25) is 4.79 Å². The Kier molecular flexibility index (Phi) is 4.80. The molecule has 0 radical (unpaired) electrons. The quantitative estimate of drug-likeness (QED) is 0.788. The highest BCUT2D eigenvalue weighted by Gasteiger charge is 2.26. The molecule has 1 aliphatic carbocycles. The molecule has 1 saturated carbocycles. The Morgan fingerprint density at radius 3 is 2.84 bits per heavy atom. The van der Waals surface area contributed by atoms with E-state index in [1.165, 1.54) is 0 Å². The van der Waals surface area contributed by atoms with E-state index < -0.39 is 6.10 Å². The van der Waals surface area contributed by atoms with Crippen LogP contribution < -0.4 is 15.4 Å². The first-order valence-electron chi connectivity index (χ1n) is 6.96. The number of carbonyl (C=O) groups excluding carboxylic acids is 1. The zero-order valence-corrected chi connectivity index (χ0v) is 11.6. The van der Waals surface area contributed by atoms with E-state index in [2.05, 4.69) is 17.6 Å². The lowest BCUT2D eigenvalue weighted by Crippen LogP contribution is -2.37. The van der Waals surface area contributed by atoms with Crippen molar-refractivity contribution in [2.45, 2.75) is 45.4 Å². The lowest BCUT2D eigenvalue weighted by atomic mass is 10.2. The number of benzene rings is 1. The topological polar surface area (TPSA) is 50.4 Å². The summed E-state index contributed by atoms with van der Waals surface area (Å²) < 4.78 is 5.78. The second-order valence-electron chi connectivity index (χ2n) is 4.93. The van der Waals surface area contributed by atoms with Crippen molar-refractivity contribution in [3.63, 3.8) is 0 Å². The van der Waals surface area contributed by atoms with Gasteiger partial charge < -0.3 is 15.4 Å². The first-order chi connectivity index (χ1) is 9.20. The van der Waals surface area contributed by atoms with Crippen molar-refractivity contribution in [3.8, 4) is 5.75 Å². The van der Waals surface area contributed by atoms with E-state index in [1.54, 1.807) is 6.92 Å². The van der Waals surface area contributed by atoms with Crippen LogP contribution in [0.4, 0.5) is 0 Å². The summed E-state index contributed by atoms with van der Waals surface area (Å²) in [4.78, 5) is 11.9. The van der Waals surface area contributed by atoms with Gasteiger partial charge in [-0.1, -0.05) is 25.1 Å². The number of hydrogen-bond donors (Lipinski definition) is 2. The third-order valence-electron chi connectivity index (χ3n) is 3.13. The minimum Gasteiger partial charge on any atom is -0.481 e. The van der Waals surface area contributed by atoms with E-state index in [1.807, 2.05) is 24.3 Å². The molecular weight excluding hydrogens is 240 g/mol. The van der Waals surface area contributed by atoms with Gasteiger partial charge in [-0.25, -0.2) is 0 Å². The van der Waals surface area contributed by atoms with E-state index >= 15 is 0 Å². The Morgan fingerprint density at radius 1 is 1.42 bits per heavy atom. The molecule has 19 heavy (non-hydrogen) atoms. The molecular formula is C15H22N2O2. The fourth-order valence-electron chi connectivity index (χ4n) is 1.81. The van der Waals surface area contributed by atoms with Crippen LogP contribution in [0.5, 0.6) is 5.75 Å². The molecule has 2 rings (SSSR count). The van der Waals surface area contributed by atoms with Crippen LogP contribution in [-0.2, 0) is 11.3 Å². The zero-order chi connectivity index (χ0) is 13.7. The molecule has 0 aliphatic heterocycles. The molecule has 0 heterocycles. The number of hydrogen-bond acceptors (Lipinski definition) is 3. The highest BCUT2D eigenvalue weighted by Crippen LogP contribution is 2.21. The molecule has 1 aromatic carbocycles. The molecule has 1 atom stereocenters. The van der Waals surface area contributed by atoms with Gasteiger partial charge in [-0.2, -0.15) is 0 Å². The number of carbonyl (C=O) groups is 1. The van der Waals surface area contributed by atoms with Gasteiger partial charge in [-0.05, 0) is 32.4 Å². The van der Waals surface area contributed by atoms with Crippen molar-refractivity contribution in [2.24, 2.45) is 0 Å². The predicted octanol–water partition coefficient (Wildman–Crippen LogP) is 1.84. The van der Waals surface area contributed by atoms with Crippen molar-refractivity contribution in [1.29, 1.82) is 0 Å². The van der Waals surface area contributed by atoms with Crippen LogP contribution in [0.25, 0.3) is 0 Å². The minimum absolute atomic E-state index is 0.0271. The van der Waals surface area contributed by atoms with Gasteiger partial charge in [0.15, 0.2) is 6.10 Å². The van der Waals surface area contributed by atoms with Gasteiger partial charge in [0.2, 0.25) is 0 Å². The molecule has 1 aromatic rings. The first-order valence-corrected chi connectivity index (χ1v) is 6.96. The maximum atomic E-state index is 11.9. The zero-order valence-electron chi connectivity index (χ0n) is 11.6. The van der Waals surface area contributed by atoms with E-state index in [4.69, 9.17) is 4.74 Å². The van der Waals surface area contributed by atoms with Gasteiger partial charge in [-0.15, -0.1) is 0 Å². The van der Waals surface area contributed by atoms with Gasteiger partial charge in [0.25, 0.3) is 5.91 Å². The smallest absolute Gasteiger partial charge is 0.260 e. The van der Waals surface area contributed by atoms with Crippen molar-refractivity contribution < 1.29 is 9.53 Å². The number of ether oxygens (including phenoxy) is 1. The summed E-state index contributed by atoms with van der Waals surface area (Å²) in [5.74, 6) is 0.752. The first kappa shape index (κ1) is 13.9. The predicted molar refractivity (Wildman–Crippen MR) is 75.1 cm³/mol. The highest BCUT2D eigenvalue weighted by molar-refractivity contribution is 5.81. The van der Waals surface area contributed by atoms with Gasteiger partial charge in [0, 0.05) is 18.2 Å². The fourth-order valence-corrected chi connectivity index (χ4v) is 1.81. The fraction of sp³-hybridized carbons (Fsp3) is 0.533. The second-order valence-corrected chi connectivity index (χ2v) is 4.93. The Labute approximate surface area is 114 Å². The molecule has 4 heteroatoms. The monoisotopic (exact) mass is 262 g/mol. The molecule has 0 aromatic heterocycles. The summed E-state index contributed by atoms with van der Waals surface area (Å²) in [6, 6.07) is 8.21. The van der Waals surface area contributed by atoms with Crippen LogP contribution in [-0.4, -0.2) is 24.6 Å². The third-order valence-corrected chi connectivity index (χ3v) is 3.13. The molecule has 0 bridgehead atoms. The van der Waals surface area contributed by atoms with Crippen molar-refractivity contribution in [3.05, 3.63) is 29.8 Å². The van der Waals surface area contributed by atoms with Gasteiger partial charge >= 0.3 is 0 Å². The molecule has 1 unspecified atom stereocenters. The Morgan fingerprint density at radius 2 is 2.16 bits per heavy atom. The summed E-state index contributed by atoms with van der Waals surface area (Å²) in [6.45, 7) is 5.52. The van der Waals surface area contributed by atoms with Gasteiger partial charge in [0.1, 0.15) is 5.75 Å². The average Bonchev–Trinajstić information content (AvgIpc) is 3.21. The van der Waals surface area contributed by atoms with Gasteiger partial charge in [0.05, 0.1) is 0 Å². The molecule has 0 spiro atoms. The summed E-state index contributed by atoms with van der Waals surface area (Å²) in [5.41, 5.74) is 1.08. The average molecular weight is 262 g/mol. The number of amides is 1. The van der Waals surface area contributed by atoms with Crippen LogP contribution in [0.2, 0.25) is 0 Å². The van der Waals surface area contributed by atoms with Crippen LogP contribution in [0.1, 0.15) is 32.3 Å². The van der Waals surface area contributed by atoms with Crippen LogP contribution >= 0.6 is 0 Å². The second kappa shape index (κ2) is 6.57. The van der Waals surface area contributed by atoms with Crippen molar-refractivity contribution >= 4 is 5.91 Å². The Hall–Kier alpha value is -1.55. The number of rotatable bonds is 7. The molecule has 2 N–H and O–H groups in total. The summed E-state index contributed by atoms with van der Waals surface area (Å²) in [6.07, 6.45) is 1.73. The lowest BCUT2D eigenvalue weighted by molar-refractivity contribution is -0.127. The number of nitrogens with one attached hydrogen (secondary N) is 2. The molecule has 1 amide bonds. The SMILES string of the molecule is CCNCc1ccccc1OC(C)C(=O)NC1CC1. The van der Waals surface area contributed by atoms with Crippen LogP contribution in [0, 0.1) is 0 Å². The van der Waals surface area contributed by atoms with Crippen LogP contribution in [0.3, 0.4) is 0 Å². The third kappa shape index (κ3) is 4.24. The Balaban J connectivity index is 1.94. The normalized spacial score (nSPS) is 15.9. The van der Waals surface area contributed by atoms with E-state index in [9.17, 15) is 4.79 Å².